The van der Waals surface area contributed by atoms with Crippen LogP contribution >= 0.6 is 0 Å². The highest BCUT2D eigenvalue weighted by Crippen LogP contribution is 2.30. The molecule has 1 heterocycles. The van der Waals surface area contributed by atoms with Crippen molar-refractivity contribution < 1.29 is 14.3 Å². The molecule has 0 spiro atoms. The van der Waals surface area contributed by atoms with E-state index in [0.29, 0.717) is 23.8 Å². The summed E-state index contributed by atoms with van der Waals surface area (Å²) < 4.78 is 11.1. The van der Waals surface area contributed by atoms with Crippen LogP contribution in [0.4, 0.5) is 5.69 Å². The van der Waals surface area contributed by atoms with Gasteiger partial charge in [-0.05, 0) is 30.2 Å². The topological polar surface area (TPSA) is 63.4 Å². The molecule has 0 unspecified atom stereocenters. The maximum Gasteiger partial charge on any atom is 0.228 e. The first-order valence-corrected chi connectivity index (χ1v) is 8.87. The Kier molecular flexibility index (Phi) is 5.79. The predicted molar refractivity (Wildman–Crippen MR) is 104 cm³/mol. The van der Waals surface area contributed by atoms with Crippen LogP contribution in [0.1, 0.15) is 25.3 Å². The van der Waals surface area contributed by atoms with Crippen molar-refractivity contribution >= 4 is 22.5 Å². The molecule has 5 heteroatoms. The van der Waals surface area contributed by atoms with E-state index in [1.165, 1.54) is 0 Å². The smallest absolute Gasteiger partial charge is 0.228 e. The Morgan fingerprint density at radius 3 is 2.85 bits per heavy atom. The Morgan fingerprint density at radius 1 is 1.19 bits per heavy atom. The van der Waals surface area contributed by atoms with Crippen molar-refractivity contribution in [2.24, 2.45) is 0 Å². The summed E-state index contributed by atoms with van der Waals surface area (Å²) in [6, 6.07) is 13.4. The van der Waals surface area contributed by atoms with Crippen LogP contribution in [0, 0.1) is 0 Å². The summed E-state index contributed by atoms with van der Waals surface area (Å²) >= 11 is 0. The number of H-pyrrole nitrogens is 1. The molecule has 136 valence electrons. The van der Waals surface area contributed by atoms with Gasteiger partial charge in [-0.25, -0.2) is 0 Å². The van der Waals surface area contributed by atoms with E-state index in [2.05, 4.69) is 17.2 Å². The molecule has 0 aliphatic rings. The van der Waals surface area contributed by atoms with Gasteiger partial charge in [0.25, 0.3) is 0 Å². The minimum atomic E-state index is -0.0941. The highest BCUT2D eigenvalue weighted by molar-refractivity contribution is 5.96. The van der Waals surface area contributed by atoms with Gasteiger partial charge in [0.1, 0.15) is 11.5 Å². The van der Waals surface area contributed by atoms with Crippen molar-refractivity contribution in [3.63, 3.8) is 0 Å². The average Bonchev–Trinajstić information content (AvgIpc) is 3.06. The highest BCUT2D eigenvalue weighted by Gasteiger charge is 2.12. The molecule has 2 aromatic carbocycles. The number of anilines is 1. The van der Waals surface area contributed by atoms with Gasteiger partial charge in [-0.1, -0.05) is 31.5 Å². The molecule has 3 aromatic rings. The second kappa shape index (κ2) is 8.43. The number of hydrogen-bond acceptors (Lipinski definition) is 3. The molecule has 0 saturated carbocycles. The van der Waals surface area contributed by atoms with Crippen molar-refractivity contribution in [3.05, 3.63) is 54.2 Å². The van der Waals surface area contributed by atoms with Crippen LogP contribution in [0.25, 0.3) is 10.9 Å². The van der Waals surface area contributed by atoms with Gasteiger partial charge >= 0.3 is 0 Å². The van der Waals surface area contributed by atoms with E-state index in [0.717, 1.165) is 29.3 Å². The lowest BCUT2D eigenvalue weighted by atomic mass is 10.1. The summed E-state index contributed by atoms with van der Waals surface area (Å²) in [7, 11) is 1.60. The second-order valence-corrected chi connectivity index (χ2v) is 6.15. The van der Waals surface area contributed by atoms with Gasteiger partial charge in [0.15, 0.2) is 0 Å². The van der Waals surface area contributed by atoms with Gasteiger partial charge in [0, 0.05) is 23.2 Å². The van der Waals surface area contributed by atoms with E-state index in [1.807, 2.05) is 42.6 Å². The Labute approximate surface area is 153 Å². The van der Waals surface area contributed by atoms with Gasteiger partial charge in [0.05, 0.1) is 25.8 Å². The number of ether oxygens (including phenoxy) is 2. The molecule has 2 N–H and O–H groups in total. The summed E-state index contributed by atoms with van der Waals surface area (Å²) in [4.78, 5) is 15.8. The van der Waals surface area contributed by atoms with E-state index in [4.69, 9.17) is 9.47 Å². The van der Waals surface area contributed by atoms with Gasteiger partial charge in [0.2, 0.25) is 5.91 Å². The van der Waals surface area contributed by atoms with Crippen molar-refractivity contribution in [1.82, 2.24) is 4.98 Å². The van der Waals surface area contributed by atoms with E-state index >= 15 is 0 Å². The van der Waals surface area contributed by atoms with E-state index in [9.17, 15) is 4.79 Å². The van der Waals surface area contributed by atoms with Crippen molar-refractivity contribution in [2.75, 3.05) is 19.0 Å². The molecule has 1 aromatic heterocycles. The van der Waals surface area contributed by atoms with Crippen LogP contribution in [-0.4, -0.2) is 24.6 Å². The molecule has 1 amide bonds. The molecule has 0 bridgehead atoms. The minimum absolute atomic E-state index is 0.0941. The largest absolute Gasteiger partial charge is 0.497 e. The molecule has 0 aliphatic heterocycles. The fourth-order valence-corrected chi connectivity index (χ4v) is 2.83. The van der Waals surface area contributed by atoms with E-state index in [-0.39, 0.29) is 12.3 Å². The zero-order valence-corrected chi connectivity index (χ0v) is 15.2. The first-order valence-electron chi connectivity index (χ1n) is 8.87. The third kappa shape index (κ3) is 4.17. The van der Waals surface area contributed by atoms with Gasteiger partial charge < -0.3 is 19.8 Å². The zero-order valence-electron chi connectivity index (χ0n) is 15.2. The number of methoxy groups -OCH3 is 1. The fraction of sp³-hybridized carbons (Fsp3) is 0.286. The van der Waals surface area contributed by atoms with Crippen LogP contribution in [0.2, 0.25) is 0 Å². The van der Waals surface area contributed by atoms with E-state index < -0.39 is 0 Å². The number of rotatable bonds is 8. The Bertz CT molecular complexity index is 886. The predicted octanol–water partition coefficient (Wildman–Crippen LogP) is 4.54. The number of fused-ring (bicyclic) bond motifs is 1. The maximum absolute atomic E-state index is 12.6. The number of carbonyl (C=O) groups excluding carboxylic acids is 1. The molecule has 5 nitrogen and oxygen atoms in total. The van der Waals surface area contributed by atoms with Crippen LogP contribution in [0.15, 0.2) is 48.7 Å². The van der Waals surface area contributed by atoms with Gasteiger partial charge in [-0.2, -0.15) is 0 Å². The summed E-state index contributed by atoms with van der Waals surface area (Å²) in [5.74, 6) is 1.24. The first kappa shape index (κ1) is 17.9. The Balaban J connectivity index is 1.75. The standard InChI is InChI=1S/C21H24N2O3/c1-3-4-11-26-20-10-9-16(25-2)13-19(20)23-21(24)12-15-14-22-18-8-6-5-7-17(15)18/h5-10,13-14,22H,3-4,11-12H2,1-2H3,(H,23,24). The van der Waals surface area contributed by atoms with Crippen molar-refractivity contribution in [1.29, 1.82) is 0 Å². The molecule has 0 saturated heterocycles. The molecule has 0 fully saturated rings. The molecular formula is C21H24N2O3. The normalized spacial score (nSPS) is 10.7. The first-order chi connectivity index (χ1) is 12.7. The number of aromatic amines is 1. The molecule has 0 aliphatic carbocycles. The molecular weight excluding hydrogens is 328 g/mol. The molecule has 0 atom stereocenters. The highest BCUT2D eigenvalue weighted by atomic mass is 16.5. The lowest BCUT2D eigenvalue weighted by Crippen LogP contribution is -2.15. The number of nitrogens with one attached hydrogen (secondary N) is 2. The fourth-order valence-electron chi connectivity index (χ4n) is 2.83. The van der Waals surface area contributed by atoms with Crippen molar-refractivity contribution in [2.45, 2.75) is 26.2 Å². The van der Waals surface area contributed by atoms with E-state index in [1.54, 1.807) is 13.2 Å². The number of para-hydroxylation sites is 1. The lowest BCUT2D eigenvalue weighted by Gasteiger charge is -2.13. The number of aromatic nitrogens is 1. The molecule has 26 heavy (non-hydrogen) atoms. The van der Waals surface area contributed by atoms with Crippen LogP contribution in [0.5, 0.6) is 11.5 Å². The van der Waals surface area contributed by atoms with Crippen LogP contribution in [0.3, 0.4) is 0 Å². The maximum atomic E-state index is 12.6. The van der Waals surface area contributed by atoms with Gasteiger partial charge in [-0.15, -0.1) is 0 Å². The zero-order chi connectivity index (χ0) is 18.4. The third-order valence-corrected chi connectivity index (χ3v) is 4.24. The quantitative estimate of drug-likeness (QED) is 0.585. The second-order valence-electron chi connectivity index (χ2n) is 6.15. The monoisotopic (exact) mass is 352 g/mol. The number of unbranched alkanes of at least 4 members (excludes halogenated alkanes) is 1. The van der Waals surface area contributed by atoms with Crippen molar-refractivity contribution in [3.8, 4) is 11.5 Å². The Hall–Kier alpha value is -2.95. The SMILES string of the molecule is CCCCOc1ccc(OC)cc1NC(=O)Cc1c[nH]c2ccccc12. The molecule has 0 radical (unpaired) electrons. The Morgan fingerprint density at radius 2 is 2.04 bits per heavy atom. The molecule has 3 rings (SSSR count). The summed E-state index contributed by atoms with van der Waals surface area (Å²) in [6.07, 6.45) is 4.19. The minimum Gasteiger partial charge on any atom is -0.497 e. The summed E-state index contributed by atoms with van der Waals surface area (Å²) in [6.45, 7) is 2.73. The van der Waals surface area contributed by atoms with Gasteiger partial charge in [-0.3, -0.25) is 4.79 Å². The van der Waals surface area contributed by atoms with Crippen LogP contribution in [-0.2, 0) is 11.2 Å². The van der Waals surface area contributed by atoms with Crippen LogP contribution < -0.4 is 14.8 Å². The third-order valence-electron chi connectivity index (χ3n) is 4.24. The number of hydrogen-bond donors (Lipinski definition) is 2. The number of benzene rings is 2. The number of amides is 1. The summed E-state index contributed by atoms with van der Waals surface area (Å²) in [5, 5.41) is 4.02. The lowest BCUT2D eigenvalue weighted by molar-refractivity contribution is -0.115. The number of carbonyl (C=O) groups is 1. The summed E-state index contributed by atoms with van der Waals surface area (Å²) in [5.41, 5.74) is 2.63. The average molecular weight is 352 g/mol.